The predicted molar refractivity (Wildman–Crippen MR) is 147 cm³/mol. The molecule has 0 saturated heterocycles. The zero-order valence-corrected chi connectivity index (χ0v) is 19.5. The van der Waals surface area contributed by atoms with Crippen LogP contribution in [-0.2, 0) is 0 Å². The Hall–Kier alpha value is -4.89. The minimum Gasteiger partial charge on any atom is -0.453 e. The molecule has 1 aliphatic heterocycles. The number of hydrogen-bond acceptors (Lipinski definition) is 3. The van der Waals surface area contributed by atoms with Gasteiger partial charge in [0.05, 0.1) is 22.8 Å². The van der Waals surface area contributed by atoms with Crippen LogP contribution in [0.2, 0.25) is 0 Å². The quantitative estimate of drug-likeness (QED) is 0.262. The second kappa shape index (κ2) is 8.40. The molecule has 0 atom stereocenters. The van der Waals surface area contributed by atoms with E-state index in [1.54, 1.807) is 0 Å². The fourth-order valence-electron chi connectivity index (χ4n) is 5.09. The zero-order chi connectivity index (χ0) is 23.9. The van der Waals surface area contributed by atoms with Crippen molar-refractivity contribution < 1.29 is 4.74 Å². The molecule has 0 unspecified atom stereocenters. The molecule has 0 radical (unpaired) electrons. The van der Waals surface area contributed by atoms with Crippen LogP contribution in [0.5, 0.6) is 11.5 Å². The molecule has 0 aliphatic carbocycles. The van der Waals surface area contributed by atoms with Crippen LogP contribution in [0.15, 0.2) is 134 Å². The highest BCUT2D eigenvalue weighted by Gasteiger charge is 2.31. The van der Waals surface area contributed by atoms with Gasteiger partial charge < -0.3 is 9.64 Å². The predicted octanol–water partition coefficient (Wildman–Crippen LogP) is 9.14. The lowest BCUT2D eigenvalue weighted by Gasteiger charge is -2.36. The van der Waals surface area contributed by atoms with Crippen LogP contribution < -0.4 is 9.64 Å². The van der Waals surface area contributed by atoms with E-state index in [1.165, 1.54) is 0 Å². The highest BCUT2D eigenvalue weighted by atomic mass is 16.5. The van der Waals surface area contributed by atoms with E-state index < -0.39 is 0 Å². The Bertz CT molecular complexity index is 1650. The van der Waals surface area contributed by atoms with Crippen LogP contribution in [0.25, 0.3) is 33.2 Å². The number of anilines is 3. The van der Waals surface area contributed by atoms with Gasteiger partial charge in [0.15, 0.2) is 11.5 Å². The maximum atomic E-state index is 6.47. The normalized spacial score (nSPS) is 12.1. The van der Waals surface area contributed by atoms with Crippen molar-refractivity contribution in [1.82, 2.24) is 4.98 Å². The number of hydrogen-bond donors (Lipinski definition) is 0. The molecule has 2 heterocycles. The second-order valence-corrected chi connectivity index (χ2v) is 8.83. The van der Waals surface area contributed by atoms with E-state index in [0.717, 1.165) is 61.7 Å². The Kier molecular flexibility index (Phi) is 4.78. The Balaban J connectivity index is 1.63. The van der Waals surface area contributed by atoms with Crippen molar-refractivity contribution in [2.45, 2.75) is 0 Å². The number of rotatable bonds is 3. The van der Waals surface area contributed by atoms with Crippen molar-refractivity contribution >= 4 is 27.8 Å². The molecule has 7 rings (SSSR count). The van der Waals surface area contributed by atoms with Gasteiger partial charge in [-0.15, -0.1) is 0 Å². The molecular formula is C33H22N2O. The molecule has 6 aromatic rings. The molecule has 0 N–H and O–H groups in total. The number of aromatic nitrogens is 1. The zero-order valence-electron chi connectivity index (χ0n) is 19.5. The van der Waals surface area contributed by atoms with Crippen molar-refractivity contribution in [2.24, 2.45) is 0 Å². The summed E-state index contributed by atoms with van der Waals surface area (Å²) in [6, 6.07) is 43.9. The Morgan fingerprint density at radius 2 is 1.22 bits per heavy atom. The molecule has 3 nitrogen and oxygen atoms in total. The lowest BCUT2D eigenvalue weighted by Crippen LogP contribution is -2.18. The number of nitrogens with zero attached hydrogens (tertiary/aromatic N) is 2. The third-order valence-corrected chi connectivity index (χ3v) is 6.69. The van der Waals surface area contributed by atoms with E-state index in [9.17, 15) is 0 Å². The summed E-state index contributed by atoms with van der Waals surface area (Å²) in [5.41, 5.74) is 7.28. The summed E-state index contributed by atoms with van der Waals surface area (Å²) >= 11 is 0. The van der Waals surface area contributed by atoms with E-state index >= 15 is 0 Å². The molecule has 0 fully saturated rings. The van der Waals surface area contributed by atoms with Crippen LogP contribution >= 0.6 is 0 Å². The molecule has 36 heavy (non-hydrogen) atoms. The van der Waals surface area contributed by atoms with Crippen LogP contribution in [0.3, 0.4) is 0 Å². The molecule has 5 aromatic carbocycles. The maximum absolute atomic E-state index is 6.47. The Morgan fingerprint density at radius 1 is 0.528 bits per heavy atom. The van der Waals surface area contributed by atoms with Crippen molar-refractivity contribution in [2.75, 3.05) is 4.90 Å². The summed E-state index contributed by atoms with van der Waals surface area (Å²) in [5, 5.41) is 2.29. The first-order chi connectivity index (χ1) is 17.9. The summed E-state index contributed by atoms with van der Waals surface area (Å²) in [5.74, 6) is 1.65. The number of para-hydroxylation sites is 2. The van der Waals surface area contributed by atoms with Gasteiger partial charge in [0, 0.05) is 22.7 Å². The minimum absolute atomic E-state index is 0.821. The van der Waals surface area contributed by atoms with Crippen LogP contribution in [0.1, 0.15) is 0 Å². The summed E-state index contributed by atoms with van der Waals surface area (Å²) in [6.45, 7) is 0. The average molecular weight is 463 g/mol. The summed E-state index contributed by atoms with van der Waals surface area (Å²) in [7, 11) is 0. The molecule has 0 bridgehead atoms. The topological polar surface area (TPSA) is 25.4 Å². The first-order valence-corrected chi connectivity index (χ1v) is 12.1. The second-order valence-electron chi connectivity index (χ2n) is 8.83. The first kappa shape index (κ1) is 20.5. The van der Waals surface area contributed by atoms with Crippen molar-refractivity contribution in [3.8, 4) is 33.9 Å². The summed E-state index contributed by atoms with van der Waals surface area (Å²) < 4.78 is 6.47. The third-order valence-electron chi connectivity index (χ3n) is 6.69. The lowest BCUT2D eigenvalue weighted by atomic mass is 9.96. The van der Waals surface area contributed by atoms with Gasteiger partial charge in [-0.05, 0) is 35.2 Å². The monoisotopic (exact) mass is 462 g/mol. The highest BCUT2D eigenvalue weighted by Crippen LogP contribution is 2.56. The third kappa shape index (κ3) is 3.25. The van der Waals surface area contributed by atoms with Gasteiger partial charge in [0.25, 0.3) is 0 Å². The first-order valence-electron chi connectivity index (χ1n) is 12.1. The summed E-state index contributed by atoms with van der Waals surface area (Å²) in [4.78, 5) is 7.30. The van der Waals surface area contributed by atoms with Gasteiger partial charge in [-0.2, -0.15) is 0 Å². The van der Waals surface area contributed by atoms with Crippen molar-refractivity contribution in [3.05, 3.63) is 134 Å². The van der Waals surface area contributed by atoms with E-state index in [2.05, 4.69) is 114 Å². The van der Waals surface area contributed by atoms with Gasteiger partial charge >= 0.3 is 0 Å². The number of fused-ring (bicyclic) bond motifs is 4. The number of benzene rings is 5. The SMILES string of the molecule is c1ccc(-c2ccnc(-c3ccccc3)c2N2c3ccccc3Oc3ccc4ccccc4c32)cc1. The van der Waals surface area contributed by atoms with Crippen molar-refractivity contribution in [3.63, 3.8) is 0 Å². The molecule has 0 amide bonds. The Labute approximate surface area is 209 Å². The number of pyridine rings is 1. The number of ether oxygens (including phenoxy) is 1. The lowest BCUT2D eigenvalue weighted by molar-refractivity contribution is 0.478. The standard InChI is InChI=1S/C33H22N2O/c1-3-11-23(12-4-1)27-21-22-34-31(25-14-5-2-6-15-25)33(27)35-28-17-9-10-18-29(28)36-30-20-19-24-13-7-8-16-26(24)32(30)35/h1-22H. The van der Waals surface area contributed by atoms with E-state index in [-0.39, 0.29) is 0 Å². The molecule has 1 aliphatic rings. The highest BCUT2D eigenvalue weighted by molar-refractivity contribution is 6.07. The van der Waals surface area contributed by atoms with Gasteiger partial charge in [-0.25, -0.2) is 0 Å². The van der Waals surface area contributed by atoms with Crippen LogP contribution in [0.4, 0.5) is 17.1 Å². The van der Waals surface area contributed by atoms with Crippen molar-refractivity contribution in [1.29, 1.82) is 0 Å². The van der Waals surface area contributed by atoms with E-state index in [1.807, 2.05) is 24.4 Å². The Morgan fingerprint density at radius 3 is 2.06 bits per heavy atom. The summed E-state index contributed by atoms with van der Waals surface area (Å²) in [6.07, 6.45) is 1.91. The van der Waals surface area contributed by atoms with Crippen LogP contribution in [-0.4, -0.2) is 4.98 Å². The van der Waals surface area contributed by atoms with Crippen LogP contribution in [0, 0.1) is 0 Å². The molecule has 0 saturated carbocycles. The fraction of sp³-hybridized carbons (Fsp3) is 0. The fourth-order valence-corrected chi connectivity index (χ4v) is 5.09. The molecular weight excluding hydrogens is 440 g/mol. The molecule has 3 heteroatoms. The van der Waals surface area contributed by atoms with Gasteiger partial charge in [0.1, 0.15) is 0 Å². The molecule has 1 aromatic heterocycles. The van der Waals surface area contributed by atoms with E-state index in [4.69, 9.17) is 9.72 Å². The molecule has 0 spiro atoms. The van der Waals surface area contributed by atoms with E-state index in [0.29, 0.717) is 0 Å². The average Bonchev–Trinajstić information content (AvgIpc) is 2.96. The van der Waals surface area contributed by atoms with Gasteiger partial charge in [-0.1, -0.05) is 103 Å². The van der Waals surface area contributed by atoms with Gasteiger partial charge in [-0.3, -0.25) is 4.98 Å². The largest absolute Gasteiger partial charge is 0.453 e. The smallest absolute Gasteiger partial charge is 0.152 e. The molecule has 170 valence electrons. The van der Waals surface area contributed by atoms with Gasteiger partial charge in [0.2, 0.25) is 0 Å². The maximum Gasteiger partial charge on any atom is 0.152 e. The minimum atomic E-state index is 0.821.